The van der Waals surface area contributed by atoms with E-state index in [1.165, 1.54) is 12.2 Å². The molecule has 0 rings (SSSR count). The van der Waals surface area contributed by atoms with Crippen LogP contribution in [0.1, 0.15) is 40.5 Å². The van der Waals surface area contributed by atoms with E-state index in [0.717, 1.165) is 25.5 Å². The van der Waals surface area contributed by atoms with Crippen LogP contribution < -0.4 is 10.6 Å². The van der Waals surface area contributed by atoms with Crippen molar-refractivity contribution < 1.29 is 13.2 Å². The van der Waals surface area contributed by atoms with E-state index in [9.17, 15) is 13.2 Å². The van der Waals surface area contributed by atoms with E-state index in [2.05, 4.69) is 29.4 Å². The lowest BCUT2D eigenvalue weighted by molar-refractivity contribution is -0.0887. The monoisotopic (exact) mass is 349 g/mol. The van der Waals surface area contributed by atoms with E-state index >= 15 is 0 Å². The molecule has 2 unspecified atom stereocenters. The number of halogens is 3. The first-order valence-electron chi connectivity index (χ1n) is 8.71. The first kappa shape index (κ1) is 23.1. The quantitative estimate of drug-likeness (QED) is 0.437. The summed E-state index contributed by atoms with van der Waals surface area (Å²) < 4.78 is 38.8. The largest absolute Gasteiger partial charge is 0.416 e. The third kappa shape index (κ3) is 9.45. The van der Waals surface area contributed by atoms with Crippen molar-refractivity contribution >= 4 is 0 Å². The lowest BCUT2D eigenvalue weighted by atomic mass is 10.1. The highest BCUT2D eigenvalue weighted by atomic mass is 19.4. The molecule has 3 nitrogen and oxygen atoms in total. The van der Waals surface area contributed by atoms with Gasteiger partial charge in [0.2, 0.25) is 0 Å². The maximum atomic E-state index is 12.9. The van der Waals surface area contributed by atoms with Gasteiger partial charge in [-0.2, -0.15) is 13.2 Å². The molecule has 0 spiro atoms. The van der Waals surface area contributed by atoms with Gasteiger partial charge in [-0.05, 0) is 39.8 Å². The Morgan fingerprint density at radius 3 is 2.17 bits per heavy atom. The van der Waals surface area contributed by atoms with Gasteiger partial charge in [0.15, 0.2) is 0 Å². The van der Waals surface area contributed by atoms with Gasteiger partial charge in [0, 0.05) is 19.1 Å². The summed E-state index contributed by atoms with van der Waals surface area (Å²) >= 11 is 0. The van der Waals surface area contributed by atoms with Gasteiger partial charge in [0.05, 0.1) is 11.7 Å². The van der Waals surface area contributed by atoms with E-state index in [1.54, 1.807) is 6.92 Å². The number of likely N-dealkylation sites (N-methyl/N-ethyl adjacent to an activating group) is 2. The van der Waals surface area contributed by atoms with E-state index in [4.69, 9.17) is 0 Å². The molecule has 0 aromatic heterocycles. The fourth-order valence-electron chi connectivity index (χ4n) is 2.70. The first-order chi connectivity index (χ1) is 11.2. The molecule has 0 aliphatic carbocycles. The Morgan fingerprint density at radius 2 is 1.75 bits per heavy atom. The van der Waals surface area contributed by atoms with Crippen molar-refractivity contribution in [1.82, 2.24) is 15.5 Å². The van der Waals surface area contributed by atoms with Crippen molar-refractivity contribution in [3.63, 3.8) is 0 Å². The molecule has 0 aromatic carbocycles. The molecule has 0 aliphatic rings. The van der Waals surface area contributed by atoms with Crippen molar-refractivity contribution in [2.75, 3.05) is 27.2 Å². The van der Waals surface area contributed by atoms with Gasteiger partial charge in [0.25, 0.3) is 0 Å². The Balaban J connectivity index is 4.70. The van der Waals surface area contributed by atoms with E-state index in [0.29, 0.717) is 12.6 Å². The predicted octanol–water partition coefficient (Wildman–Crippen LogP) is 3.94. The van der Waals surface area contributed by atoms with Crippen LogP contribution in [0.4, 0.5) is 13.2 Å². The van der Waals surface area contributed by atoms with Gasteiger partial charge in [0.1, 0.15) is 0 Å². The van der Waals surface area contributed by atoms with Crippen molar-refractivity contribution in [2.45, 2.75) is 58.9 Å². The summed E-state index contributed by atoms with van der Waals surface area (Å²) in [4.78, 5) is 2.06. The molecule has 142 valence electrons. The van der Waals surface area contributed by atoms with E-state index < -0.39 is 11.7 Å². The van der Waals surface area contributed by atoms with E-state index in [-0.39, 0.29) is 12.1 Å². The molecule has 0 heterocycles. The first-order valence-corrected chi connectivity index (χ1v) is 8.71. The average molecular weight is 349 g/mol. The fourth-order valence-corrected chi connectivity index (χ4v) is 2.70. The Morgan fingerprint density at radius 1 is 1.17 bits per heavy atom. The number of alkyl halides is 3. The Labute approximate surface area is 145 Å². The smallest absolute Gasteiger partial charge is 0.304 e. The maximum Gasteiger partial charge on any atom is 0.416 e. The normalized spacial score (nSPS) is 16.4. The SMILES string of the molecule is C/C=C\C(=C/C(C)CN(C)CC(NC)NC(CC)CC)C(F)(F)F. The second-order valence-corrected chi connectivity index (χ2v) is 6.34. The molecule has 0 aromatic rings. The lowest BCUT2D eigenvalue weighted by Crippen LogP contribution is -2.51. The van der Waals surface area contributed by atoms with Crippen LogP contribution in [0.15, 0.2) is 23.8 Å². The molecule has 2 N–H and O–H groups in total. The minimum Gasteiger partial charge on any atom is -0.304 e. The second-order valence-electron chi connectivity index (χ2n) is 6.34. The highest BCUT2D eigenvalue weighted by molar-refractivity contribution is 5.24. The molecule has 2 atom stereocenters. The van der Waals surface area contributed by atoms with Crippen LogP contribution in [0.25, 0.3) is 0 Å². The third-order valence-corrected chi connectivity index (χ3v) is 4.00. The highest BCUT2D eigenvalue weighted by Crippen LogP contribution is 2.27. The Bertz CT molecular complexity index is 387. The van der Waals surface area contributed by atoms with Crippen LogP contribution in [-0.4, -0.2) is 50.5 Å². The molecule has 0 amide bonds. The number of rotatable bonds is 11. The zero-order valence-corrected chi connectivity index (χ0v) is 15.9. The average Bonchev–Trinajstić information content (AvgIpc) is 2.49. The minimum atomic E-state index is -4.30. The molecular weight excluding hydrogens is 315 g/mol. The molecule has 0 bridgehead atoms. The lowest BCUT2D eigenvalue weighted by Gasteiger charge is -2.29. The molecular formula is C18H34F3N3. The number of nitrogens with zero attached hydrogens (tertiary/aromatic N) is 1. The zero-order chi connectivity index (χ0) is 18.8. The van der Waals surface area contributed by atoms with Gasteiger partial charge in [-0.15, -0.1) is 0 Å². The van der Waals surface area contributed by atoms with Crippen LogP contribution in [0.2, 0.25) is 0 Å². The molecule has 24 heavy (non-hydrogen) atoms. The predicted molar refractivity (Wildman–Crippen MR) is 96.0 cm³/mol. The summed E-state index contributed by atoms with van der Waals surface area (Å²) in [6.45, 7) is 9.00. The van der Waals surface area contributed by atoms with Crippen molar-refractivity contribution in [3.8, 4) is 0 Å². The highest BCUT2D eigenvalue weighted by Gasteiger charge is 2.31. The topological polar surface area (TPSA) is 27.3 Å². The van der Waals surface area contributed by atoms with Crippen LogP contribution in [0.5, 0.6) is 0 Å². The maximum absolute atomic E-state index is 12.9. The van der Waals surface area contributed by atoms with Gasteiger partial charge in [-0.1, -0.05) is 39.0 Å². The summed E-state index contributed by atoms with van der Waals surface area (Å²) in [6, 6.07) is 0.444. The summed E-state index contributed by atoms with van der Waals surface area (Å²) in [5.41, 5.74) is -0.578. The number of nitrogens with one attached hydrogen (secondary N) is 2. The standard InChI is InChI=1S/C18H34F3N3/c1-7-10-15(18(19,20)21)11-14(4)12-24(6)13-17(22-5)23-16(8-2)9-3/h7,10-11,14,16-17,22-23H,8-9,12-13H2,1-6H3/b10-7-,15-11+. The summed E-state index contributed by atoms with van der Waals surface area (Å²) in [6.07, 6.45) is 1.77. The minimum absolute atomic E-state index is 0.119. The molecule has 6 heteroatoms. The van der Waals surface area contributed by atoms with Crippen LogP contribution >= 0.6 is 0 Å². The Kier molecular flexibility index (Phi) is 11.2. The van der Waals surface area contributed by atoms with Crippen LogP contribution in [0.3, 0.4) is 0 Å². The number of hydrogen-bond donors (Lipinski definition) is 2. The molecule has 0 aliphatic heterocycles. The van der Waals surface area contributed by atoms with Crippen LogP contribution in [0, 0.1) is 5.92 Å². The van der Waals surface area contributed by atoms with Gasteiger partial charge < -0.3 is 10.2 Å². The molecule has 0 radical (unpaired) electrons. The van der Waals surface area contributed by atoms with Gasteiger partial charge in [-0.25, -0.2) is 0 Å². The summed E-state index contributed by atoms with van der Waals surface area (Å²) in [5.74, 6) is -0.187. The van der Waals surface area contributed by atoms with E-state index in [1.807, 2.05) is 21.0 Å². The van der Waals surface area contributed by atoms with Crippen molar-refractivity contribution in [1.29, 1.82) is 0 Å². The summed E-state index contributed by atoms with van der Waals surface area (Å²) in [5, 5.41) is 6.76. The van der Waals surface area contributed by atoms with Gasteiger partial charge in [-0.3, -0.25) is 5.32 Å². The van der Waals surface area contributed by atoms with Crippen molar-refractivity contribution in [3.05, 3.63) is 23.8 Å². The zero-order valence-electron chi connectivity index (χ0n) is 15.9. The fraction of sp³-hybridized carbons (Fsp3) is 0.778. The Hall–Kier alpha value is -0.850. The molecule has 0 fully saturated rings. The number of allylic oxidation sites excluding steroid dienone is 3. The molecule has 0 saturated carbocycles. The second kappa shape index (κ2) is 11.7. The van der Waals surface area contributed by atoms with Crippen molar-refractivity contribution in [2.24, 2.45) is 5.92 Å². The van der Waals surface area contributed by atoms with Crippen LogP contribution in [-0.2, 0) is 0 Å². The number of hydrogen-bond acceptors (Lipinski definition) is 3. The molecule has 0 saturated heterocycles. The summed E-state index contributed by atoms with van der Waals surface area (Å²) in [7, 11) is 3.83. The van der Waals surface area contributed by atoms with Gasteiger partial charge >= 0.3 is 6.18 Å². The third-order valence-electron chi connectivity index (χ3n) is 4.00.